The van der Waals surface area contributed by atoms with Crippen molar-refractivity contribution in [1.29, 1.82) is 0 Å². The van der Waals surface area contributed by atoms with E-state index in [0.717, 1.165) is 0 Å². The van der Waals surface area contributed by atoms with Gasteiger partial charge < -0.3 is 0 Å². The van der Waals surface area contributed by atoms with Crippen LogP contribution in [0.2, 0.25) is 11.9 Å². The number of hydrogen-bond donors (Lipinski definition) is 0. The molecule has 0 aromatic heterocycles. The molecule has 0 aromatic carbocycles. The zero-order valence-corrected chi connectivity index (χ0v) is 13.9. The molecule has 0 saturated carbocycles. The van der Waals surface area contributed by atoms with Crippen LogP contribution in [0.15, 0.2) is 0 Å². The molecule has 0 aliphatic rings. The molecule has 0 nitrogen and oxygen atoms in total. The average Bonchev–Trinajstić information content (AvgIpc) is 2.14. The van der Waals surface area contributed by atoms with Gasteiger partial charge in [-0.2, -0.15) is 0 Å². The molecule has 0 heterocycles. The van der Waals surface area contributed by atoms with E-state index in [1.165, 1.54) is 18.6 Å². The molecule has 0 fully saturated rings. The van der Waals surface area contributed by atoms with Crippen LogP contribution >= 0.6 is 8.31 Å². The Kier molecular flexibility index (Phi) is 8.47. The summed E-state index contributed by atoms with van der Waals surface area (Å²) in [6.07, 6.45) is 2.81. The summed E-state index contributed by atoms with van der Waals surface area (Å²) in [5.41, 5.74) is 0. The van der Waals surface area contributed by atoms with Crippen LogP contribution in [-0.4, -0.2) is 25.4 Å². The Morgan fingerprint density at radius 3 is 1.75 bits per heavy atom. The topological polar surface area (TPSA) is 0 Å². The second-order valence-corrected chi connectivity index (χ2v) is 32.6. The standard InChI is InChI=1S/C4H10S.3C2H5.Pb/c1-2-3-4-5;3*1-2;/h5H,2-4H2,1H3;3*1H2,2H3;/q;;;;+1/p-1. The van der Waals surface area contributed by atoms with Gasteiger partial charge in [0.25, 0.3) is 0 Å². The van der Waals surface area contributed by atoms with E-state index in [0.29, 0.717) is 0 Å². The molecule has 74 valence electrons. The summed E-state index contributed by atoms with van der Waals surface area (Å²) >= 11 is -1.70. The van der Waals surface area contributed by atoms with Crippen molar-refractivity contribution in [3.63, 3.8) is 0 Å². The number of rotatable bonds is 7. The van der Waals surface area contributed by atoms with Crippen LogP contribution in [0.3, 0.4) is 0 Å². The molecule has 12 heavy (non-hydrogen) atoms. The van der Waals surface area contributed by atoms with Gasteiger partial charge >= 0.3 is 86.2 Å². The molecule has 0 amide bonds. The van der Waals surface area contributed by atoms with Crippen LogP contribution in [0.1, 0.15) is 40.5 Å². The third kappa shape index (κ3) is 4.49. The number of hydrogen-bond acceptors (Lipinski definition) is 1. The van der Waals surface area contributed by atoms with Crippen molar-refractivity contribution in [2.75, 3.05) is 5.75 Å². The van der Waals surface area contributed by atoms with Gasteiger partial charge in [0.1, 0.15) is 0 Å². The molecule has 0 radical (unpaired) electrons. The first kappa shape index (κ1) is 13.3. The summed E-state index contributed by atoms with van der Waals surface area (Å²) in [7, 11) is 2.42. The zero-order valence-electron chi connectivity index (χ0n) is 9.15. The summed E-state index contributed by atoms with van der Waals surface area (Å²) in [5.74, 6) is 1.45. The van der Waals surface area contributed by atoms with Crippen LogP contribution in [0, 0.1) is 0 Å². The van der Waals surface area contributed by atoms with Crippen molar-refractivity contribution in [2.45, 2.75) is 52.5 Å². The fraction of sp³-hybridized carbons (Fsp3) is 1.00. The van der Waals surface area contributed by atoms with E-state index in [1.54, 1.807) is 11.9 Å². The van der Waals surface area contributed by atoms with Crippen LogP contribution < -0.4 is 0 Å². The fourth-order valence-electron chi connectivity index (χ4n) is 1.49. The van der Waals surface area contributed by atoms with Gasteiger partial charge in [-0.15, -0.1) is 0 Å². The molecular weight excluding hydrogens is 359 g/mol. The third-order valence-corrected chi connectivity index (χ3v) is 36.1. The van der Waals surface area contributed by atoms with Gasteiger partial charge in [-0.25, -0.2) is 0 Å². The van der Waals surface area contributed by atoms with E-state index in [-0.39, 0.29) is 0 Å². The van der Waals surface area contributed by atoms with Crippen LogP contribution in [0.5, 0.6) is 0 Å². The van der Waals surface area contributed by atoms with Gasteiger partial charge in [-0.05, 0) is 0 Å². The van der Waals surface area contributed by atoms with Gasteiger partial charge in [0, 0.05) is 0 Å². The third-order valence-electron chi connectivity index (χ3n) is 2.84. The molecule has 2 heteroatoms. The van der Waals surface area contributed by atoms with Gasteiger partial charge in [-0.3, -0.25) is 0 Å². The van der Waals surface area contributed by atoms with Crippen LogP contribution in [0.4, 0.5) is 0 Å². The van der Waals surface area contributed by atoms with E-state index >= 15 is 0 Å². The summed E-state index contributed by atoms with van der Waals surface area (Å²) in [6, 6.07) is 0. The summed E-state index contributed by atoms with van der Waals surface area (Å²) in [5, 5.41) is 0. The normalized spacial score (nSPS) is 12.0. The quantitative estimate of drug-likeness (QED) is 0.460. The minimum atomic E-state index is -1.70. The molecule has 0 aliphatic carbocycles. The molecule has 0 atom stereocenters. The van der Waals surface area contributed by atoms with E-state index in [9.17, 15) is 0 Å². The van der Waals surface area contributed by atoms with E-state index in [2.05, 4.69) is 36.0 Å². The summed E-state index contributed by atoms with van der Waals surface area (Å²) in [4.78, 5) is 0. The first-order valence-electron chi connectivity index (χ1n) is 5.38. The summed E-state index contributed by atoms with van der Waals surface area (Å²) < 4.78 is 4.65. The number of unbranched alkanes of at least 4 members (excludes halogenated alkanes) is 1. The van der Waals surface area contributed by atoms with Crippen molar-refractivity contribution in [1.82, 2.24) is 0 Å². The van der Waals surface area contributed by atoms with Crippen molar-refractivity contribution < 1.29 is 0 Å². The van der Waals surface area contributed by atoms with Crippen molar-refractivity contribution in [2.24, 2.45) is 0 Å². The Morgan fingerprint density at radius 1 is 0.917 bits per heavy atom. The second kappa shape index (κ2) is 7.66. The monoisotopic (exact) mass is 384 g/mol. The van der Waals surface area contributed by atoms with E-state index in [4.69, 9.17) is 0 Å². The first-order valence-corrected chi connectivity index (χ1v) is 19.4. The van der Waals surface area contributed by atoms with E-state index < -0.39 is 19.7 Å². The molecule has 0 saturated heterocycles. The molecule has 0 unspecified atom stereocenters. The van der Waals surface area contributed by atoms with Crippen LogP contribution in [0.25, 0.3) is 0 Å². The van der Waals surface area contributed by atoms with Crippen molar-refractivity contribution in [3.8, 4) is 0 Å². The molecular formula is C10H24PbS. The molecule has 0 spiro atoms. The Balaban J connectivity index is 3.76. The predicted molar refractivity (Wildman–Crippen MR) is 64.6 cm³/mol. The van der Waals surface area contributed by atoms with Crippen molar-refractivity contribution in [3.05, 3.63) is 0 Å². The van der Waals surface area contributed by atoms with Gasteiger partial charge in [0.2, 0.25) is 0 Å². The Bertz CT molecular complexity index is 91.7. The molecule has 0 bridgehead atoms. The maximum atomic E-state index is 2.42. The Labute approximate surface area is 85.7 Å². The molecule has 0 N–H and O–H groups in total. The Morgan fingerprint density at radius 2 is 1.42 bits per heavy atom. The van der Waals surface area contributed by atoms with Gasteiger partial charge in [0.05, 0.1) is 0 Å². The maximum absolute atomic E-state index is 2.42. The minimum absolute atomic E-state index is 1.37. The first-order chi connectivity index (χ1) is 5.74. The van der Waals surface area contributed by atoms with Crippen LogP contribution in [-0.2, 0) is 0 Å². The average molecular weight is 384 g/mol. The second-order valence-electron chi connectivity index (χ2n) is 3.45. The summed E-state index contributed by atoms with van der Waals surface area (Å²) in [6.45, 7) is 9.57. The molecule has 0 rings (SSSR count). The molecule has 0 aliphatic heterocycles. The SMILES string of the molecule is CCCC[S][Pb]([CH2]C)([CH2]C)[CH2]C. The predicted octanol–water partition coefficient (Wildman–Crippen LogP) is 4.52. The van der Waals surface area contributed by atoms with E-state index in [1.807, 2.05) is 0 Å². The fourth-order valence-corrected chi connectivity index (χ4v) is 22.7. The van der Waals surface area contributed by atoms with Gasteiger partial charge in [-0.1, -0.05) is 0 Å². The van der Waals surface area contributed by atoms with Crippen molar-refractivity contribution >= 4 is 28.0 Å². The molecule has 0 aromatic rings. The van der Waals surface area contributed by atoms with Gasteiger partial charge in [0.15, 0.2) is 0 Å². The Hall–Kier alpha value is 1.27. The zero-order chi connectivity index (χ0) is 9.45.